The van der Waals surface area contributed by atoms with Crippen LogP contribution in [0.15, 0.2) is 58.3 Å². The summed E-state index contributed by atoms with van der Waals surface area (Å²) < 4.78 is 0. The summed E-state index contributed by atoms with van der Waals surface area (Å²) in [5.74, 6) is 0.647. The van der Waals surface area contributed by atoms with E-state index in [1.54, 1.807) is 0 Å². The van der Waals surface area contributed by atoms with Crippen LogP contribution < -0.4 is 4.90 Å². The normalized spacial score (nSPS) is 13.4. The quantitative estimate of drug-likeness (QED) is 0.747. The van der Waals surface area contributed by atoms with Crippen molar-refractivity contribution in [3.63, 3.8) is 0 Å². The average Bonchev–Trinajstić information content (AvgIpc) is 2.38. The third-order valence-electron chi connectivity index (χ3n) is 3.08. The van der Waals surface area contributed by atoms with Crippen LogP contribution in [0.5, 0.6) is 0 Å². The molecule has 1 nitrogen and oxygen atoms in total. The van der Waals surface area contributed by atoms with E-state index in [2.05, 4.69) is 67.3 Å². The predicted octanol–water partition coefficient (Wildman–Crippen LogP) is 4.95. The summed E-state index contributed by atoms with van der Waals surface area (Å²) in [6.07, 6.45) is 0. The molecule has 0 saturated carbocycles. The zero-order valence-corrected chi connectivity index (χ0v) is 11.6. The maximum Gasteiger partial charge on any atom is 0.0552 e. The molecular formula is C16H17NS. The number of para-hydroxylation sites is 2. The number of hydrogen-bond donors (Lipinski definition) is 0. The van der Waals surface area contributed by atoms with Crippen molar-refractivity contribution < 1.29 is 0 Å². The van der Waals surface area contributed by atoms with Crippen LogP contribution in [-0.2, 0) is 0 Å². The highest BCUT2D eigenvalue weighted by Crippen LogP contribution is 2.47. The van der Waals surface area contributed by atoms with Crippen LogP contribution >= 0.6 is 11.8 Å². The lowest BCUT2D eigenvalue weighted by Crippen LogP contribution is -2.25. The van der Waals surface area contributed by atoms with E-state index in [-0.39, 0.29) is 0 Å². The molecule has 2 heteroatoms. The second kappa shape index (κ2) is 4.69. The fourth-order valence-corrected chi connectivity index (χ4v) is 3.44. The van der Waals surface area contributed by atoms with E-state index in [0.29, 0.717) is 5.92 Å². The Labute approximate surface area is 113 Å². The Morgan fingerprint density at radius 3 is 1.89 bits per heavy atom. The van der Waals surface area contributed by atoms with Crippen molar-refractivity contribution >= 4 is 23.1 Å². The number of anilines is 2. The van der Waals surface area contributed by atoms with Crippen LogP contribution in [0, 0.1) is 5.92 Å². The summed E-state index contributed by atoms with van der Waals surface area (Å²) in [6, 6.07) is 17.4. The topological polar surface area (TPSA) is 3.24 Å². The second-order valence-electron chi connectivity index (χ2n) is 5.04. The summed E-state index contributed by atoms with van der Waals surface area (Å²) in [7, 11) is 0. The Bertz CT molecular complexity index is 517. The van der Waals surface area contributed by atoms with Gasteiger partial charge in [0.05, 0.1) is 11.4 Å². The van der Waals surface area contributed by atoms with Gasteiger partial charge in [0.2, 0.25) is 0 Å². The van der Waals surface area contributed by atoms with Crippen LogP contribution in [0.1, 0.15) is 13.8 Å². The highest BCUT2D eigenvalue weighted by atomic mass is 32.2. The van der Waals surface area contributed by atoms with Gasteiger partial charge in [-0.3, -0.25) is 0 Å². The molecule has 2 aromatic carbocycles. The first kappa shape index (κ1) is 11.7. The molecule has 0 saturated heterocycles. The van der Waals surface area contributed by atoms with Gasteiger partial charge in [-0.25, -0.2) is 0 Å². The maximum absolute atomic E-state index is 2.45. The average molecular weight is 255 g/mol. The molecular weight excluding hydrogens is 238 g/mol. The molecule has 0 bridgehead atoms. The molecule has 0 atom stereocenters. The Morgan fingerprint density at radius 1 is 0.889 bits per heavy atom. The van der Waals surface area contributed by atoms with E-state index < -0.39 is 0 Å². The first-order valence-corrected chi connectivity index (χ1v) is 7.21. The smallest absolute Gasteiger partial charge is 0.0552 e. The highest BCUT2D eigenvalue weighted by molar-refractivity contribution is 7.99. The minimum absolute atomic E-state index is 0.647. The van der Waals surface area contributed by atoms with E-state index in [4.69, 9.17) is 0 Å². The molecule has 0 N–H and O–H groups in total. The molecule has 0 aromatic heterocycles. The SMILES string of the molecule is CC(C)CN1c2ccccc2Sc2ccccc21. The Kier molecular flexibility index (Phi) is 3.04. The molecule has 1 aliphatic heterocycles. The van der Waals surface area contributed by atoms with Gasteiger partial charge in [-0.05, 0) is 30.2 Å². The number of benzene rings is 2. The van der Waals surface area contributed by atoms with Crippen molar-refractivity contribution in [3.05, 3.63) is 48.5 Å². The van der Waals surface area contributed by atoms with Crippen molar-refractivity contribution in [1.82, 2.24) is 0 Å². The zero-order chi connectivity index (χ0) is 12.5. The third kappa shape index (κ3) is 2.01. The minimum atomic E-state index is 0.647. The van der Waals surface area contributed by atoms with Gasteiger partial charge >= 0.3 is 0 Å². The predicted molar refractivity (Wildman–Crippen MR) is 78.9 cm³/mol. The Balaban J connectivity index is 2.11. The molecule has 3 rings (SSSR count). The first-order chi connectivity index (χ1) is 8.75. The molecule has 92 valence electrons. The second-order valence-corrected chi connectivity index (χ2v) is 6.13. The standard InChI is InChI=1S/C16H17NS/c1-12(2)11-17-13-7-3-5-9-15(13)18-16-10-6-4-8-14(16)17/h3-10,12H,11H2,1-2H3. The van der Waals surface area contributed by atoms with Crippen LogP contribution in [0.25, 0.3) is 0 Å². The van der Waals surface area contributed by atoms with Crippen molar-refractivity contribution in [1.29, 1.82) is 0 Å². The van der Waals surface area contributed by atoms with Gasteiger partial charge in [-0.2, -0.15) is 0 Å². The first-order valence-electron chi connectivity index (χ1n) is 6.39. The fourth-order valence-electron chi connectivity index (χ4n) is 2.34. The van der Waals surface area contributed by atoms with Gasteiger partial charge in [0, 0.05) is 16.3 Å². The monoisotopic (exact) mass is 255 g/mol. The van der Waals surface area contributed by atoms with E-state index in [1.807, 2.05) is 11.8 Å². The lowest BCUT2D eigenvalue weighted by Gasteiger charge is -2.33. The molecule has 0 radical (unpaired) electrons. The summed E-state index contributed by atoms with van der Waals surface area (Å²) in [4.78, 5) is 5.17. The minimum Gasteiger partial charge on any atom is -0.339 e. The number of nitrogens with zero attached hydrogens (tertiary/aromatic N) is 1. The Morgan fingerprint density at radius 2 is 1.39 bits per heavy atom. The van der Waals surface area contributed by atoms with Crippen LogP contribution in [0.3, 0.4) is 0 Å². The summed E-state index contributed by atoms with van der Waals surface area (Å²) in [5, 5.41) is 0. The lowest BCUT2D eigenvalue weighted by molar-refractivity contribution is 0.647. The largest absolute Gasteiger partial charge is 0.339 e. The van der Waals surface area contributed by atoms with Crippen LogP contribution in [0.4, 0.5) is 11.4 Å². The highest BCUT2D eigenvalue weighted by Gasteiger charge is 2.22. The molecule has 0 unspecified atom stereocenters. The summed E-state index contributed by atoms with van der Waals surface area (Å²) >= 11 is 1.87. The van der Waals surface area contributed by atoms with Crippen molar-refractivity contribution in [2.45, 2.75) is 23.6 Å². The fraction of sp³-hybridized carbons (Fsp3) is 0.250. The van der Waals surface area contributed by atoms with Gasteiger partial charge < -0.3 is 4.90 Å². The molecule has 0 amide bonds. The molecule has 0 spiro atoms. The molecule has 0 fully saturated rings. The van der Waals surface area contributed by atoms with Gasteiger partial charge in [-0.15, -0.1) is 0 Å². The van der Waals surface area contributed by atoms with Gasteiger partial charge in [0.1, 0.15) is 0 Å². The third-order valence-corrected chi connectivity index (χ3v) is 4.21. The van der Waals surface area contributed by atoms with Crippen molar-refractivity contribution in [3.8, 4) is 0 Å². The van der Waals surface area contributed by atoms with Crippen molar-refractivity contribution in [2.24, 2.45) is 5.92 Å². The summed E-state index contributed by atoms with van der Waals surface area (Å²) in [5.41, 5.74) is 2.69. The molecule has 2 aromatic rings. The van der Waals surface area contributed by atoms with Gasteiger partial charge in [0.15, 0.2) is 0 Å². The number of rotatable bonds is 2. The molecule has 1 aliphatic rings. The summed E-state index contributed by atoms with van der Waals surface area (Å²) in [6.45, 7) is 5.61. The molecule has 0 aliphatic carbocycles. The Hall–Kier alpha value is -1.41. The van der Waals surface area contributed by atoms with Crippen LogP contribution in [0.2, 0.25) is 0 Å². The number of hydrogen-bond acceptors (Lipinski definition) is 2. The van der Waals surface area contributed by atoms with E-state index in [0.717, 1.165) is 6.54 Å². The zero-order valence-electron chi connectivity index (χ0n) is 10.8. The van der Waals surface area contributed by atoms with Gasteiger partial charge in [-0.1, -0.05) is 49.9 Å². The molecule has 18 heavy (non-hydrogen) atoms. The van der Waals surface area contributed by atoms with E-state index >= 15 is 0 Å². The lowest BCUT2D eigenvalue weighted by atomic mass is 10.1. The van der Waals surface area contributed by atoms with Crippen molar-refractivity contribution in [2.75, 3.05) is 11.4 Å². The van der Waals surface area contributed by atoms with Crippen LogP contribution in [-0.4, -0.2) is 6.54 Å². The maximum atomic E-state index is 2.45. The van der Waals surface area contributed by atoms with Gasteiger partial charge in [0.25, 0.3) is 0 Å². The molecule has 1 heterocycles. The van der Waals surface area contributed by atoms with E-state index in [1.165, 1.54) is 21.2 Å². The number of fused-ring (bicyclic) bond motifs is 2. The van der Waals surface area contributed by atoms with E-state index in [9.17, 15) is 0 Å².